The molecular weight excluding hydrogens is 525 g/mol. The van der Waals surface area contributed by atoms with Crippen LogP contribution >= 0.6 is 0 Å². The average molecular weight is 562 g/mol. The quantitative estimate of drug-likeness (QED) is 0.342. The summed E-state index contributed by atoms with van der Waals surface area (Å²) in [5.74, 6) is 0.344. The number of hydrogen-bond donors (Lipinski definition) is 2. The van der Waals surface area contributed by atoms with Crippen molar-refractivity contribution in [2.24, 2.45) is 0 Å². The third-order valence-corrected chi connectivity index (χ3v) is 7.81. The largest absolute Gasteiger partial charge is 0.492 e. The molecule has 0 saturated carbocycles. The van der Waals surface area contributed by atoms with Gasteiger partial charge in [-0.05, 0) is 92.6 Å². The summed E-state index contributed by atoms with van der Waals surface area (Å²) in [6.07, 6.45) is 1.08. The number of methoxy groups -OCH3 is 1. The predicted molar refractivity (Wildman–Crippen MR) is 153 cm³/mol. The third kappa shape index (κ3) is 5.93. The Morgan fingerprint density at radius 3 is 2.54 bits per heavy atom. The summed E-state index contributed by atoms with van der Waals surface area (Å²) in [4.78, 5) is 24.5. The molecule has 1 aliphatic heterocycles. The van der Waals surface area contributed by atoms with Crippen molar-refractivity contribution in [3.8, 4) is 22.6 Å². The molecule has 2 unspecified atom stereocenters. The van der Waals surface area contributed by atoms with Crippen LogP contribution in [0.2, 0.25) is 0 Å². The van der Waals surface area contributed by atoms with Gasteiger partial charge in [-0.25, -0.2) is 4.39 Å². The monoisotopic (exact) mass is 561 g/mol. The summed E-state index contributed by atoms with van der Waals surface area (Å²) in [7, 11) is 1.37. The van der Waals surface area contributed by atoms with Gasteiger partial charge in [0.15, 0.2) is 0 Å². The molecule has 0 bridgehead atoms. The van der Waals surface area contributed by atoms with Crippen molar-refractivity contribution >= 4 is 11.9 Å². The highest BCUT2D eigenvalue weighted by molar-refractivity contribution is 5.96. The molecule has 2 aliphatic rings. The van der Waals surface area contributed by atoms with E-state index in [1.807, 2.05) is 50.2 Å². The van der Waals surface area contributed by atoms with Crippen LogP contribution in [0.25, 0.3) is 11.1 Å². The van der Waals surface area contributed by atoms with Crippen LogP contribution in [0.1, 0.15) is 76.9 Å². The number of ether oxygens (including phenoxy) is 3. The number of aliphatic hydroxyl groups is 1. The van der Waals surface area contributed by atoms with Crippen molar-refractivity contribution in [1.82, 2.24) is 5.32 Å². The fourth-order valence-electron chi connectivity index (χ4n) is 5.89. The molecule has 7 nitrogen and oxygen atoms in total. The van der Waals surface area contributed by atoms with Crippen molar-refractivity contribution in [3.05, 3.63) is 81.7 Å². The molecule has 0 saturated heterocycles. The molecule has 8 heteroatoms. The molecule has 41 heavy (non-hydrogen) atoms. The first-order chi connectivity index (χ1) is 19.4. The first kappa shape index (κ1) is 28.6. The Hall–Kier alpha value is -3.91. The van der Waals surface area contributed by atoms with Crippen LogP contribution in [0.4, 0.5) is 4.39 Å². The molecular formula is C33H36FNO6. The third-order valence-electron chi connectivity index (χ3n) is 7.81. The maximum absolute atomic E-state index is 15.3. The summed E-state index contributed by atoms with van der Waals surface area (Å²) in [6.45, 7) is 7.72. The highest BCUT2D eigenvalue weighted by atomic mass is 19.1. The Bertz CT molecular complexity index is 1490. The molecule has 2 N–H and O–H groups in total. The zero-order valence-electron chi connectivity index (χ0n) is 24.1. The molecule has 0 aromatic heterocycles. The summed E-state index contributed by atoms with van der Waals surface area (Å²) < 4.78 is 32.2. The van der Waals surface area contributed by atoms with Crippen LogP contribution in [-0.4, -0.2) is 42.8 Å². The number of nitrogens with one attached hydrogen (secondary N) is 1. The van der Waals surface area contributed by atoms with Gasteiger partial charge in [-0.2, -0.15) is 0 Å². The predicted octanol–water partition coefficient (Wildman–Crippen LogP) is 5.72. The number of aryl methyl sites for hydroxylation is 2. The van der Waals surface area contributed by atoms with Crippen LogP contribution in [0.15, 0.2) is 42.5 Å². The summed E-state index contributed by atoms with van der Waals surface area (Å²) in [5.41, 5.74) is 5.65. The molecule has 0 radical (unpaired) electrons. The van der Waals surface area contributed by atoms with Crippen molar-refractivity contribution in [2.75, 3.05) is 20.3 Å². The van der Waals surface area contributed by atoms with E-state index in [0.717, 1.165) is 33.4 Å². The van der Waals surface area contributed by atoms with E-state index in [-0.39, 0.29) is 36.6 Å². The van der Waals surface area contributed by atoms with E-state index < -0.39 is 11.7 Å². The minimum absolute atomic E-state index is 0.0656. The fraction of sp³-hybridized carbons (Fsp3) is 0.394. The van der Waals surface area contributed by atoms with Gasteiger partial charge in [-0.15, -0.1) is 0 Å². The van der Waals surface area contributed by atoms with Gasteiger partial charge in [0.1, 0.15) is 23.4 Å². The van der Waals surface area contributed by atoms with Crippen LogP contribution in [-0.2, 0) is 16.0 Å². The minimum atomic E-state index is -1.01. The number of benzene rings is 3. The smallest absolute Gasteiger partial charge is 0.306 e. The van der Waals surface area contributed by atoms with Gasteiger partial charge in [0.25, 0.3) is 5.91 Å². The lowest BCUT2D eigenvalue weighted by molar-refractivity contribution is -0.141. The van der Waals surface area contributed by atoms with Gasteiger partial charge >= 0.3 is 5.97 Å². The molecule has 1 aliphatic carbocycles. The highest BCUT2D eigenvalue weighted by Gasteiger charge is 2.32. The van der Waals surface area contributed by atoms with E-state index in [1.54, 1.807) is 13.8 Å². The second-order valence-corrected chi connectivity index (χ2v) is 11.6. The van der Waals surface area contributed by atoms with Crippen LogP contribution in [0, 0.1) is 19.7 Å². The number of carbonyl (C=O) groups excluding carboxylic acids is 2. The molecule has 5 rings (SSSR count). The van der Waals surface area contributed by atoms with Crippen molar-refractivity contribution in [2.45, 2.75) is 64.6 Å². The number of halogens is 1. The Balaban J connectivity index is 1.39. The standard InChI is InChI=1S/C33H36FNO6/c1-18-12-20(32(37)35-17-33(3,4)38)13-19(2)30(18)24-8-10-26(34)31-25(24)9-11-27(31)41-22-6-7-23-21(14-29(36)39-5)16-40-28(23)15-22/h6-8,10,12-13,15,21,27,38H,9,11,14,16-17H2,1-5H3,(H,35,37). The van der Waals surface area contributed by atoms with E-state index in [4.69, 9.17) is 14.2 Å². The van der Waals surface area contributed by atoms with Crippen molar-refractivity contribution in [3.63, 3.8) is 0 Å². The average Bonchev–Trinajstić information content (AvgIpc) is 3.52. The number of fused-ring (bicyclic) bond motifs is 2. The van der Waals surface area contributed by atoms with E-state index in [1.165, 1.54) is 13.2 Å². The zero-order valence-corrected chi connectivity index (χ0v) is 24.1. The lowest BCUT2D eigenvalue weighted by Crippen LogP contribution is -2.38. The van der Waals surface area contributed by atoms with E-state index >= 15 is 4.39 Å². The van der Waals surface area contributed by atoms with Gasteiger partial charge in [0.05, 0.1) is 25.7 Å². The maximum Gasteiger partial charge on any atom is 0.306 e. The Morgan fingerprint density at radius 2 is 1.85 bits per heavy atom. The molecule has 0 fully saturated rings. The Labute approximate surface area is 239 Å². The molecule has 3 aromatic carbocycles. The molecule has 1 heterocycles. The molecule has 216 valence electrons. The minimum Gasteiger partial charge on any atom is -0.492 e. The summed E-state index contributed by atoms with van der Waals surface area (Å²) >= 11 is 0. The number of esters is 1. The van der Waals surface area contributed by atoms with Crippen molar-refractivity contribution < 1.29 is 33.3 Å². The van der Waals surface area contributed by atoms with Gasteiger partial charge < -0.3 is 24.6 Å². The Morgan fingerprint density at radius 1 is 1.12 bits per heavy atom. The fourth-order valence-corrected chi connectivity index (χ4v) is 5.89. The SMILES string of the molecule is COC(=O)CC1COc2cc(OC3CCc4c(-c5c(C)cc(C(=O)NCC(C)(C)O)cc5C)ccc(F)c43)ccc21. The number of hydrogen-bond acceptors (Lipinski definition) is 6. The summed E-state index contributed by atoms with van der Waals surface area (Å²) in [6, 6.07) is 12.5. The second kappa shape index (κ2) is 11.2. The lowest BCUT2D eigenvalue weighted by atomic mass is 9.89. The number of rotatable bonds is 8. The first-order valence-electron chi connectivity index (χ1n) is 13.9. The first-order valence-corrected chi connectivity index (χ1v) is 13.9. The van der Waals surface area contributed by atoms with Gasteiger partial charge in [-0.3, -0.25) is 9.59 Å². The number of carbonyl (C=O) groups is 2. The summed E-state index contributed by atoms with van der Waals surface area (Å²) in [5, 5.41) is 12.7. The molecule has 0 spiro atoms. The zero-order chi connectivity index (χ0) is 29.5. The van der Waals surface area contributed by atoms with E-state index in [2.05, 4.69) is 5.32 Å². The van der Waals surface area contributed by atoms with E-state index in [9.17, 15) is 14.7 Å². The number of amides is 1. The van der Waals surface area contributed by atoms with Crippen LogP contribution in [0.3, 0.4) is 0 Å². The van der Waals surface area contributed by atoms with Gasteiger partial charge in [0, 0.05) is 35.2 Å². The molecule has 2 atom stereocenters. The second-order valence-electron chi connectivity index (χ2n) is 11.6. The topological polar surface area (TPSA) is 94.1 Å². The van der Waals surface area contributed by atoms with Gasteiger partial charge in [-0.1, -0.05) is 12.1 Å². The Kier molecular flexibility index (Phi) is 7.79. The highest BCUT2D eigenvalue weighted by Crippen LogP contribution is 2.45. The van der Waals surface area contributed by atoms with Crippen LogP contribution < -0.4 is 14.8 Å². The van der Waals surface area contributed by atoms with Crippen molar-refractivity contribution in [1.29, 1.82) is 0 Å². The maximum atomic E-state index is 15.3. The lowest BCUT2D eigenvalue weighted by Gasteiger charge is -2.20. The molecule has 3 aromatic rings. The molecule has 1 amide bonds. The van der Waals surface area contributed by atoms with Gasteiger partial charge in [0.2, 0.25) is 0 Å². The normalized spacial score (nSPS) is 17.4. The van der Waals surface area contributed by atoms with E-state index in [0.29, 0.717) is 42.1 Å². The van der Waals surface area contributed by atoms with Crippen LogP contribution in [0.5, 0.6) is 11.5 Å².